The fraction of sp³-hybridized carbons (Fsp3) is 0.176. The van der Waals surface area contributed by atoms with Crippen molar-refractivity contribution in [2.75, 3.05) is 0 Å². The Hall–Kier alpha value is -3.00. The Labute approximate surface area is 148 Å². The maximum absolute atomic E-state index is 12.4. The summed E-state index contributed by atoms with van der Waals surface area (Å²) in [6.45, 7) is 2.38. The van der Waals surface area contributed by atoms with E-state index in [0.717, 1.165) is 27.3 Å². The van der Waals surface area contributed by atoms with E-state index >= 15 is 0 Å². The molecule has 8 heteroatoms. The molecule has 0 spiro atoms. The number of nitrogens with one attached hydrogen (secondary N) is 1. The number of carbonyl (C=O) groups excluding carboxylic acids is 1. The van der Waals surface area contributed by atoms with E-state index in [1.165, 1.54) is 11.3 Å². The normalized spacial score (nSPS) is 11.1. The molecule has 0 bridgehead atoms. The third-order valence-corrected chi connectivity index (χ3v) is 5.15. The quantitative estimate of drug-likeness (QED) is 0.612. The molecule has 4 aromatic rings. The summed E-state index contributed by atoms with van der Waals surface area (Å²) in [5.41, 5.74) is 1.88. The zero-order valence-electron chi connectivity index (χ0n) is 13.8. The van der Waals surface area contributed by atoms with Gasteiger partial charge in [0.05, 0.1) is 10.6 Å². The van der Waals surface area contributed by atoms with Crippen molar-refractivity contribution in [3.8, 4) is 5.82 Å². The summed E-state index contributed by atoms with van der Waals surface area (Å²) in [7, 11) is 1.89. The van der Waals surface area contributed by atoms with Crippen LogP contribution in [0.2, 0.25) is 0 Å². The third kappa shape index (κ3) is 2.91. The van der Waals surface area contributed by atoms with Gasteiger partial charge in [-0.05, 0) is 24.6 Å². The Balaban J connectivity index is 1.45. The summed E-state index contributed by atoms with van der Waals surface area (Å²) >= 11 is 1.45. The number of carbonyl (C=O) groups is 1. The van der Waals surface area contributed by atoms with Crippen LogP contribution in [0, 0.1) is 6.92 Å². The van der Waals surface area contributed by atoms with Crippen LogP contribution in [0.4, 0.5) is 0 Å². The summed E-state index contributed by atoms with van der Waals surface area (Å²) in [4.78, 5) is 22.5. The summed E-state index contributed by atoms with van der Waals surface area (Å²) in [6, 6.07) is 5.75. The van der Waals surface area contributed by atoms with E-state index in [1.54, 1.807) is 18.7 Å². The second-order valence-electron chi connectivity index (χ2n) is 5.72. The predicted octanol–water partition coefficient (Wildman–Crippen LogP) is 2.45. The second kappa shape index (κ2) is 6.14. The fourth-order valence-corrected chi connectivity index (χ4v) is 3.69. The first-order chi connectivity index (χ1) is 12.1. The van der Waals surface area contributed by atoms with Crippen molar-refractivity contribution in [1.82, 2.24) is 29.6 Å². The zero-order valence-corrected chi connectivity index (χ0v) is 14.6. The van der Waals surface area contributed by atoms with Crippen molar-refractivity contribution in [2.45, 2.75) is 13.5 Å². The number of hydrogen-bond acceptors (Lipinski definition) is 5. The number of aromatic nitrogens is 5. The highest BCUT2D eigenvalue weighted by atomic mass is 32.1. The molecule has 7 nitrogen and oxygen atoms in total. The molecule has 0 aromatic carbocycles. The summed E-state index contributed by atoms with van der Waals surface area (Å²) in [5.74, 6) is 0.708. The minimum Gasteiger partial charge on any atom is -0.347 e. The van der Waals surface area contributed by atoms with Crippen molar-refractivity contribution >= 4 is 27.5 Å². The average Bonchev–Trinajstić information content (AvgIpc) is 3.33. The number of thiophene rings is 1. The first-order valence-electron chi connectivity index (χ1n) is 7.76. The van der Waals surface area contributed by atoms with Gasteiger partial charge in [-0.25, -0.2) is 9.97 Å². The van der Waals surface area contributed by atoms with Crippen LogP contribution in [0.5, 0.6) is 0 Å². The van der Waals surface area contributed by atoms with Crippen LogP contribution >= 0.6 is 11.3 Å². The van der Waals surface area contributed by atoms with Gasteiger partial charge < -0.3 is 5.32 Å². The highest BCUT2D eigenvalue weighted by Crippen LogP contribution is 2.27. The summed E-state index contributed by atoms with van der Waals surface area (Å²) in [6.07, 6.45) is 7.00. The van der Waals surface area contributed by atoms with Gasteiger partial charge in [-0.15, -0.1) is 11.3 Å². The van der Waals surface area contributed by atoms with Gasteiger partial charge in [0.1, 0.15) is 17.0 Å². The highest BCUT2D eigenvalue weighted by Gasteiger charge is 2.14. The lowest BCUT2D eigenvalue weighted by molar-refractivity contribution is 0.0955. The molecule has 0 fully saturated rings. The molecule has 0 aliphatic carbocycles. The number of hydrogen-bond donors (Lipinski definition) is 1. The van der Waals surface area contributed by atoms with E-state index in [-0.39, 0.29) is 5.91 Å². The van der Waals surface area contributed by atoms with Crippen molar-refractivity contribution < 1.29 is 4.79 Å². The molecule has 0 aliphatic heterocycles. The van der Waals surface area contributed by atoms with Crippen LogP contribution in [0.3, 0.4) is 0 Å². The molecule has 4 heterocycles. The largest absolute Gasteiger partial charge is 0.347 e. The molecular formula is C17H16N6OS. The van der Waals surface area contributed by atoms with Crippen LogP contribution in [0.15, 0.2) is 43.1 Å². The fourth-order valence-electron chi connectivity index (χ4n) is 2.66. The Morgan fingerprint density at radius 1 is 1.36 bits per heavy atom. The Morgan fingerprint density at radius 2 is 2.24 bits per heavy atom. The van der Waals surface area contributed by atoms with Crippen LogP contribution in [0.25, 0.3) is 16.0 Å². The molecule has 0 radical (unpaired) electrons. The molecule has 25 heavy (non-hydrogen) atoms. The lowest BCUT2D eigenvalue weighted by Crippen LogP contribution is -2.21. The molecule has 0 unspecified atom stereocenters. The number of amides is 1. The third-order valence-electron chi connectivity index (χ3n) is 3.95. The predicted molar refractivity (Wildman–Crippen MR) is 95.9 cm³/mol. The van der Waals surface area contributed by atoms with E-state index in [9.17, 15) is 4.79 Å². The molecule has 1 N–H and O–H groups in total. The molecule has 0 atom stereocenters. The topological polar surface area (TPSA) is 77.6 Å². The van der Waals surface area contributed by atoms with Gasteiger partial charge in [0.15, 0.2) is 0 Å². The SMILES string of the molecule is Cc1nn(C)c2sc(C(=O)NCc3ccc(-n4ccnc4)nc3)cc12. The second-order valence-corrected chi connectivity index (χ2v) is 6.75. The van der Waals surface area contributed by atoms with Crippen LogP contribution in [-0.4, -0.2) is 30.2 Å². The minimum atomic E-state index is -0.0840. The lowest BCUT2D eigenvalue weighted by Gasteiger charge is -2.05. The van der Waals surface area contributed by atoms with E-state index in [4.69, 9.17) is 0 Å². The number of imidazole rings is 1. The molecule has 0 aliphatic rings. The van der Waals surface area contributed by atoms with Gasteiger partial charge in [0, 0.05) is 37.6 Å². The molecule has 4 aromatic heterocycles. The van der Waals surface area contributed by atoms with Gasteiger partial charge in [-0.3, -0.25) is 14.0 Å². The van der Waals surface area contributed by atoms with Crippen molar-refractivity contribution in [1.29, 1.82) is 0 Å². The maximum atomic E-state index is 12.4. The monoisotopic (exact) mass is 352 g/mol. The van der Waals surface area contributed by atoms with Gasteiger partial charge in [-0.2, -0.15) is 5.10 Å². The molecule has 4 rings (SSSR count). The van der Waals surface area contributed by atoms with Gasteiger partial charge in [-0.1, -0.05) is 6.07 Å². The maximum Gasteiger partial charge on any atom is 0.261 e. The summed E-state index contributed by atoms with van der Waals surface area (Å²) in [5, 5.41) is 8.33. The van der Waals surface area contributed by atoms with E-state index < -0.39 is 0 Å². The van der Waals surface area contributed by atoms with Gasteiger partial charge >= 0.3 is 0 Å². The van der Waals surface area contributed by atoms with E-state index in [2.05, 4.69) is 20.4 Å². The van der Waals surface area contributed by atoms with E-state index in [0.29, 0.717) is 11.4 Å². The minimum absolute atomic E-state index is 0.0840. The summed E-state index contributed by atoms with van der Waals surface area (Å²) < 4.78 is 3.64. The van der Waals surface area contributed by atoms with Gasteiger partial charge in [0.2, 0.25) is 0 Å². The molecule has 0 saturated heterocycles. The molecular weight excluding hydrogens is 336 g/mol. The van der Waals surface area contributed by atoms with Crippen LogP contribution < -0.4 is 5.32 Å². The Bertz CT molecular complexity index is 995. The number of pyridine rings is 1. The Kier molecular flexibility index (Phi) is 3.81. The number of nitrogens with zero attached hydrogens (tertiary/aromatic N) is 5. The highest BCUT2D eigenvalue weighted by molar-refractivity contribution is 7.20. The standard InChI is InChI=1S/C17H16N6OS/c1-11-13-7-14(25-17(13)22(2)21-11)16(24)20-9-12-3-4-15(19-8-12)23-6-5-18-10-23/h3-8,10H,9H2,1-2H3,(H,20,24). The average molecular weight is 352 g/mol. The van der Waals surface area contributed by atoms with Gasteiger partial charge in [0.25, 0.3) is 5.91 Å². The molecule has 1 amide bonds. The van der Waals surface area contributed by atoms with Crippen LogP contribution in [0.1, 0.15) is 20.9 Å². The first kappa shape index (κ1) is 15.5. The number of aryl methyl sites for hydroxylation is 2. The van der Waals surface area contributed by atoms with E-state index in [1.807, 2.05) is 47.6 Å². The molecule has 126 valence electrons. The van der Waals surface area contributed by atoms with Crippen molar-refractivity contribution in [3.05, 3.63) is 59.3 Å². The Morgan fingerprint density at radius 3 is 2.92 bits per heavy atom. The van der Waals surface area contributed by atoms with Crippen molar-refractivity contribution in [2.24, 2.45) is 7.05 Å². The zero-order chi connectivity index (χ0) is 17.4. The number of rotatable bonds is 4. The van der Waals surface area contributed by atoms with Crippen LogP contribution in [-0.2, 0) is 13.6 Å². The lowest BCUT2D eigenvalue weighted by atomic mass is 10.2. The molecule has 0 saturated carbocycles. The number of fused-ring (bicyclic) bond motifs is 1. The van der Waals surface area contributed by atoms with Crippen molar-refractivity contribution in [3.63, 3.8) is 0 Å². The first-order valence-corrected chi connectivity index (χ1v) is 8.58. The smallest absolute Gasteiger partial charge is 0.261 e.